The second kappa shape index (κ2) is 11.3. The van der Waals surface area contributed by atoms with E-state index in [1.54, 1.807) is 24.5 Å². The van der Waals surface area contributed by atoms with Gasteiger partial charge in [-0.3, -0.25) is 9.69 Å². The van der Waals surface area contributed by atoms with Gasteiger partial charge >= 0.3 is 0 Å². The SMILES string of the molecule is CCOc1ccccc1CN(Cc1ccco1)CC(O)COc1ccccc1C(C)=O. The van der Waals surface area contributed by atoms with Gasteiger partial charge in [-0.15, -0.1) is 0 Å². The Morgan fingerprint density at radius 1 is 1.00 bits per heavy atom. The molecule has 1 aromatic heterocycles. The Bertz CT molecular complexity index is 954. The summed E-state index contributed by atoms with van der Waals surface area (Å²) in [6.07, 6.45) is 0.883. The molecule has 1 unspecified atom stereocenters. The van der Waals surface area contributed by atoms with Crippen molar-refractivity contribution in [1.29, 1.82) is 0 Å². The van der Waals surface area contributed by atoms with Gasteiger partial charge in [-0.1, -0.05) is 30.3 Å². The number of ether oxygens (including phenoxy) is 2. The predicted octanol–water partition coefficient (Wildman–Crippen LogP) is 4.32. The molecule has 0 radical (unpaired) electrons. The highest BCUT2D eigenvalue weighted by Crippen LogP contribution is 2.22. The van der Waals surface area contributed by atoms with Gasteiger partial charge < -0.3 is 19.0 Å². The summed E-state index contributed by atoms with van der Waals surface area (Å²) < 4.78 is 17.0. The van der Waals surface area contributed by atoms with Crippen molar-refractivity contribution in [3.63, 3.8) is 0 Å². The molecule has 0 aliphatic heterocycles. The number of ketones is 1. The third-order valence-corrected chi connectivity index (χ3v) is 4.79. The molecule has 2 aromatic carbocycles. The Hall–Kier alpha value is -3.09. The summed E-state index contributed by atoms with van der Waals surface area (Å²) in [5.74, 6) is 2.05. The first kappa shape index (κ1) is 22.6. The molecule has 0 saturated heterocycles. The molecule has 0 saturated carbocycles. The zero-order valence-electron chi connectivity index (χ0n) is 18.0. The van der Waals surface area contributed by atoms with Crippen LogP contribution < -0.4 is 9.47 Å². The number of rotatable bonds is 12. The van der Waals surface area contributed by atoms with Crippen molar-refractivity contribution >= 4 is 5.78 Å². The lowest BCUT2D eigenvalue weighted by atomic mass is 10.1. The summed E-state index contributed by atoms with van der Waals surface area (Å²) in [4.78, 5) is 13.9. The molecule has 0 amide bonds. The second-order valence-electron chi connectivity index (χ2n) is 7.31. The van der Waals surface area contributed by atoms with Crippen LogP contribution in [0.1, 0.15) is 35.5 Å². The fourth-order valence-corrected chi connectivity index (χ4v) is 3.40. The molecule has 0 aliphatic rings. The minimum absolute atomic E-state index is 0.0722. The zero-order valence-corrected chi connectivity index (χ0v) is 18.0. The van der Waals surface area contributed by atoms with Gasteiger partial charge in [0.1, 0.15) is 30.0 Å². The molecule has 0 spiro atoms. The van der Waals surface area contributed by atoms with Crippen molar-refractivity contribution < 1.29 is 23.8 Å². The number of hydrogen-bond acceptors (Lipinski definition) is 6. The van der Waals surface area contributed by atoms with E-state index in [1.807, 2.05) is 49.4 Å². The second-order valence-corrected chi connectivity index (χ2v) is 7.31. The third-order valence-electron chi connectivity index (χ3n) is 4.79. The van der Waals surface area contributed by atoms with Gasteiger partial charge in [-0.25, -0.2) is 0 Å². The van der Waals surface area contributed by atoms with E-state index in [2.05, 4.69) is 4.90 Å². The smallest absolute Gasteiger partial charge is 0.163 e. The van der Waals surface area contributed by atoms with Crippen molar-refractivity contribution in [3.8, 4) is 11.5 Å². The van der Waals surface area contributed by atoms with Crippen molar-refractivity contribution in [3.05, 3.63) is 83.8 Å². The number of furan rings is 1. The molecule has 1 heterocycles. The van der Waals surface area contributed by atoms with E-state index in [0.29, 0.717) is 37.6 Å². The third kappa shape index (κ3) is 6.70. The summed E-state index contributed by atoms with van der Waals surface area (Å²) in [7, 11) is 0. The molecule has 1 atom stereocenters. The number of Topliss-reactive ketones (excluding diaryl/α,β-unsaturated/α-hetero) is 1. The van der Waals surface area contributed by atoms with Crippen LogP contribution in [0.5, 0.6) is 11.5 Å². The van der Waals surface area contributed by atoms with Crippen LogP contribution in [-0.4, -0.2) is 41.7 Å². The number of hydrogen-bond donors (Lipinski definition) is 1. The predicted molar refractivity (Wildman–Crippen MR) is 118 cm³/mol. The summed E-state index contributed by atoms with van der Waals surface area (Å²) in [6, 6.07) is 18.7. The largest absolute Gasteiger partial charge is 0.494 e. The van der Waals surface area contributed by atoms with Crippen LogP contribution in [0.2, 0.25) is 0 Å². The standard InChI is InChI=1S/C25H29NO5/c1-3-29-24-12-6-4-9-20(24)15-26(17-22-10-8-14-30-22)16-21(28)18-31-25-13-7-5-11-23(25)19(2)27/h4-14,21,28H,3,15-18H2,1-2H3. The van der Waals surface area contributed by atoms with Crippen LogP contribution in [0.15, 0.2) is 71.3 Å². The highest BCUT2D eigenvalue weighted by molar-refractivity contribution is 5.96. The highest BCUT2D eigenvalue weighted by atomic mass is 16.5. The monoisotopic (exact) mass is 423 g/mol. The number of carbonyl (C=O) groups is 1. The molecular weight excluding hydrogens is 394 g/mol. The Kier molecular flexibility index (Phi) is 8.27. The first-order valence-corrected chi connectivity index (χ1v) is 10.4. The van der Waals surface area contributed by atoms with E-state index in [-0.39, 0.29) is 12.4 Å². The van der Waals surface area contributed by atoms with Crippen molar-refractivity contribution in [2.45, 2.75) is 33.0 Å². The van der Waals surface area contributed by atoms with Gasteiger partial charge in [-0.2, -0.15) is 0 Å². The van der Waals surface area contributed by atoms with Crippen LogP contribution in [0, 0.1) is 0 Å². The Balaban J connectivity index is 1.68. The van der Waals surface area contributed by atoms with Gasteiger partial charge in [0.2, 0.25) is 0 Å². The number of aliphatic hydroxyl groups is 1. The lowest BCUT2D eigenvalue weighted by Gasteiger charge is -2.25. The lowest BCUT2D eigenvalue weighted by Crippen LogP contribution is -2.35. The average molecular weight is 424 g/mol. The number of carbonyl (C=O) groups excluding carboxylic acids is 1. The summed E-state index contributed by atoms with van der Waals surface area (Å²) in [5, 5.41) is 10.7. The minimum Gasteiger partial charge on any atom is -0.494 e. The van der Waals surface area contributed by atoms with Crippen LogP contribution >= 0.6 is 0 Å². The van der Waals surface area contributed by atoms with Crippen LogP contribution in [-0.2, 0) is 13.1 Å². The molecule has 164 valence electrons. The molecule has 0 bridgehead atoms. The summed E-state index contributed by atoms with van der Waals surface area (Å²) >= 11 is 0. The van der Waals surface area contributed by atoms with Crippen molar-refractivity contribution in [1.82, 2.24) is 4.90 Å². The molecule has 31 heavy (non-hydrogen) atoms. The fraction of sp³-hybridized carbons (Fsp3) is 0.320. The van der Waals surface area contributed by atoms with Crippen molar-refractivity contribution in [2.24, 2.45) is 0 Å². The number of nitrogens with zero attached hydrogens (tertiary/aromatic N) is 1. The maximum atomic E-state index is 11.8. The van der Waals surface area contributed by atoms with Gasteiger partial charge in [0, 0.05) is 18.7 Å². The molecular formula is C25H29NO5. The van der Waals surface area contributed by atoms with E-state index in [0.717, 1.165) is 17.1 Å². The Morgan fingerprint density at radius 3 is 2.45 bits per heavy atom. The quantitative estimate of drug-likeness (QED) is 0.438. The van der Waals surface area contributed by atoms with Crippen LogP contribution in [0.25, 0.3) is 0 Å². The van der Waals surface area contributed by atoms with Crippen molar-refractivity contribution in [2.75, 3.05) is 19.8 Å². The topological polar surface area (TPSA) is 72.1 Å². The van der Waals surface area contributed by atoms with Gasteiger partial charge in [0.15, 0.2) is 5.78 Å². The lowest BCUT2D eigenvalue weighted by molar-refractivity contribution is 0.0595. The van der Waals surface area contributed by atoms with Gasteiger partial charge in [0.05, 0.1) is 25.0 Å². The van der Waals surface area contributed by atoms with Crippen LogP contribution in [0.3, 0.4) is 0 Å². The molecule has 1 N–H and O–H groups in total. The molecule has 6 nitrogen and oxygen atoms in total. The number of benzene rings is 2. The van der Waals surface area contributed by atoms with Gasteiger partial charge in [0.25, 0.3) is 0 Å². The number of para-hydroxylation sites is 2. The maximum Gasteiger partial charge on any atom is 0.163 e. The maximum absolute atomic E-state index is 11.8. The van der Waals surface area contributed by atoms with E-state index in [9.17, 15) is 9.90 Å². The highest BCUT2D eigenvalue weighted by Gasteiger charge is 2.17. The molecule has 3 rings (SSSR count). The van der Waals surface area contributed by atoms with Crippen LogP contribution in [0.4, 0.5) is 0 Å². The normalized spacial score (nSPS) is 12.0. The van der Waals surface area contributed by atoms with E-state index in [1.165, 1.54) is 6.92 Å². The summed E-state index contributed by atoms with van der Waals surface area (Å²) in [6.45, 7) is 5.60. The molecule has 3 aromatic rings. The zero-order chi connectivity index (χ0) is 22.1. The summed E-state index contributed by atoms with van der Waals surface area (Å²) in [5.41, 5.74) is 1.54. The minimum atomic E-state index is -0.755. The Morgan fingerprint density at radius 2 is 1.74 bits per heavy atom. The average Bonchev–Trinajstić information content (AvgIpc) is 3.27. The Labute approximate surface area is 183 Å². The van der Waals surface area contributed by atoms with E-state index < -0.39 is 6.10 Å². The first-order valence-electron chi connectivity index (χ1n) is 10.4. The van der Waals surface area contributed by atoms with E-state index >= 15 is 0 Å². The molecule has 6 heteroatoms. The number of aliphatic hydroxyl groups excluding tert-OH is 1. The fourth-order valence-electron chi connectivity index (χ4n) is 3.40. The molecule has 0 fully saturated rings. The van der Waals surface area contributed by atoms with Gasteiger partial charge in [-0.05, 0) is 44.2 Å². The first-order chi connectivity index (χ1) is 15.1. The van der Waals surface area contributed by atoms with E-state index in [4.69, 9.17) is 13.9 Å². The molecule has 0 aliphatic carbocycles.